The van der Waals surface area contributed by atoms with Crippen molar-refractivity contribution >= 4 is 11.5 Å². The van der Waals surface area contributed by atoms with Crippen molar-refractivity contribution in [3.05, 3.63) is 108 Å². The van der Waals surface area contributed by atoms with E-state index in [1.807, 2.05) is 71.7 Å². The van der Waals surface area contributed by atoms with Crippen molar-refractivity contribution in [2.75, 3.05) is 6.54 Å². The fraction of sp³-hybridized carbons (Fsp3) is 0.167. The molecule has 0 amide bonds. The number of carbonyl (C=O) groups is 1. The van der Waals surface area contributed by atoms with Gasteiger partial charge in [-0.3, -0.25) is 9.80 Å². The van der Waals surface area contributed by atoms with Crippen molar-refractivity contribution < 1.29 is 4.79 Å². The summed E-state index contributed by atoms with van der Waals surface area (Å²) in [5.41, 5.74) is 3.78. The molecule has 0 N–H and O–H groups in total. The highest BCUT2D eigenvalue weighted by molar-refractivity contribution is 6.12. The van der Waals surface area contributed by atoms with Crippen LogP contribution >= 0.6 is 0 Å². The molecular formula is C24H22N2O. The second-order valence-electron chi connectivity index (χ2n) is 6.73. The molecule has 1 atom stereocenters. The van der Waals surface area contributed by atoms with Gasteiger partial charge in [-0.1, -0.05) is 91.0 Å². The Bertz CT molecular complexity index is 879. The van der Waals surface area contributed by atoms with Crippen molar-refractivity contribution in [3.8, 4) is 0 Å². The van der Waals surface area contributed by atoms with E-state index in [0.29, 0.717) is 0 Å². The quantitative estimate of drug-likeness (QED) is 0.488. The smallest absolute Gasteiger partial charge is 0.186 e. The van der Waals surface area contributed by atoms with Crippen LogP contribution in [0.15, 0.2) is 96.1 Å². The summed E-state index contributed by atoms with van der Waals surface area (Å²) in [6.07, 6.45) is 1.82. The summed E-state index contributed by atoms with van der Waals surface area (Å²) in [4.78, 5) is 13.0. The van der Waals surface area contributed by atoms with E-state index in [1.165, 1.54) is 0 Å². The van der Waals surface area contributed by atoms with Gasteiger partial charge in [-0.05, 0) is 12.8 Å². The first-order valence-electron chi connectivity index (χ1n) is 9.38. The van der Waals surface area contributed by atoms with Gasteiger partial charge in [0, 0.05) is 23.2 Å². The van der Waals surface area contributed by atoms with Gasteiger partial charge < -0.3 is 0 Å². The second-order valence-corrected chi connectivity index (χ2v) is 6.73. The van der Waals surface area contributed by atoms with Gasteiger partial charge in [0.2, 0.25) is 0 Å². The maximum absolute atomic E-state index is 13.0. The Morgan fingerprint density at radius 3 is 1.74 bits per heavy atom. The number of carbonyl (C=O) groups excluding carboxylic acids is 1. The van der Waals surface area contributed by atoms with Crippen LogP contribution in [-0.4, -0.2) is 29.1 Å². The Labute approximate surface area is 160 Å². The van der Waals surface area contributed by atoms with E-state index in [2.05, 4.69) is 24.3 Å². The van der Waals surface area contributed by atoms with Gasteiger partial charge in [-0.15, -0.1) is 0 Å². The van der Waals surface area contributed by atoms with Crippen LogP contribution in [-0.2, 0) is 0 Å². The van der Waals surface area contributed by atoms with E-state index in [0.717, 1.165) is 41.8 Å². The summed E-state index contributed by atoms with van der Waals surface area (Å²) in [6, 6.07) is 29.7. The van der Waals surface area contributed by atoms with Crippen LogP contribution in [0.2, 0.25) is 0 Å². The molecule has 1 aliphatic rings. The van der Waals surface area contributed by atoms with Gasteiger partial charge in [-0.25, -0.2) is 0 Å². The lowest BCUT2D eigenvalue weighted by Gasteiger charge is -2.22. The third-order valence-corrected chi connectivity index (χ3v) is 4.91. The zero-order valence-corrected chi connectivity index (χ0v) is 15.2. The molecule has 0 bridgehead atoms. The highest BCUT2D eigenvalue weighted by Crippen LogP contribution is 2.23. The van der Waals surface area contributed by atoms with Gasteiger partial charge >= 0.3 is 0 Å². The van der Waals surface area contributed by atoms with Crippen molar-refractivity contribution in [1.82, 2.24) is 5.01 Å². The first-order chi connectivity index (χ1) is 13.3. The fourth-order valence-electron chi connectivity index (χ4n) is 3.54. The van der Waals surface area contributed by atoms with E-state index in [4.69, 9.17) is 5.10 Å². The van der Waals surface area contributed by atoms with Gasteiger partial charge in [0.05, 0.1) is 5.71 Å². The number of hydrazone groups is 1. The van der Waals surface area contributed by atoms with Gasteiger partial charge in [0.1, 0.15) is 6.04 Å². The number of hydrogen-bond donors (Lipinski definition) is 0. The van der Waals surface area contributed by atoms with Crippen LogP contribution in [0.1, 0.15) is 34.3 Å². The molecule has 1 unspecified atom stereocenters. The summed E-state index contributed by atoms with van der Waals surface area (Å²) in [6.45, 7) is 0.798. The van der Waals surface area contributed by atoms with Gasteiger partial charge in [0.15, 0.2) is 5.78 Å². The van der Waals surface area contributed by atoms with Crippen molar-refractivity contribution in [3.63, 3.8) is 0 Å². The largest absolute Gasteiger partial charge is 0.292 e. The monoisotopic (exact) mass is 354 g/mol. The van der Waals surface area contributed by atoms with Crippen molar-refractivity contribution in [2.45, 2.75) is 18.9 Å². The van der Waals surface area contributed by atoms with Crippen LogP contribution in [0, 0.1) is 0 Å². The van der Waals surface area contributed by atoms with Crippen LogP contribution in [0.4, 0.5) is 0 Å². The molecule has 3 aromatic carbocycles. The Morgan fingerprint density at radius 1 is 0.741 bits per heavy atom. The molecule has 134 valence electrons. The summed E-state index contributed by atoms with van der Waals surface area (Å²) in [7, 11) is 0. The Hall–Kier alpha value is -3.20. The summed E-state index contributed by atoms with van der Waals surface area (Å²) in [5, 5.41) is 6.95. The standard InChI is InChI=1S/C24H22N2O/c27-24(21-15-8-3-9-16-21)22-17-10-18-26(22)25-23(19-11-4-1-5-12-19)20-13-6-2-7-14-20/h1-9,11-16,22H,10,17-18H2. The molecule has 3 heteroatoms. The van der Waals surface area contributed by atoms with Crippen LogP contribution < -0.4 is 0 Å². The minimum absolute atomic E-state index is 0.150. The fourth-order valence-corrected chi connectivity index (χ4v) is 3.54. The van der Waals surface area contributed by atoms with Crippen LogP contribution in [0.25, 0.3) is 0 Å². The molecule has 0 aliphatic carbocycles. The molecule has 0 aromatic heterocycles. The molecule has 1 aliphatic heterocycles. The lowest BCUT2D eigenvalue weighted by Crippen LogP contribution is -2.33. The number of rotatable bonds is 5. The topological polar surface area (TPSA) is 32.7 Å². The number of Topliss-reactive ketones (excluding diaryl/α,β-unsaturated/α-hetero) is 1. The first-order valence-corrected chi connectivity index (χ1v) is 9.38. The lowest BCUT2D eigenvalue weighted by molar-refractivity contribution is 0.0872. The summed E-state index contributed by atoms with van der Waals surface area (Å²) >= 11 is 0. The maximum atomic E-state index is 13.0. The minimum Gasteiger partial charge on any atom is -0.292 e. The summed E-state index contributed by atoms with van der Waals surface area (Å²) < 4.78 is 0. The summed E-state index contributed by atoms with van der Waals surface area (Å²) in [5.74, 6) is 0.150. The molecule has 4 rings (SSSR count). The SMILES string of the molecule is O=C(c1ccccc1)C1CCCN1N=C(c1ccccc1)c1ccccc1. The molecule has 1 fully saturated rings. The molecule has 3 aromatic rings. The second kappa shape index (κ2) is 8.00. The zero-order valence-electron chi connectivity index (χ0n) is 15.2. The van der Waals surface area contributed by atoms with Crippen LogP contribution in [0.5, 0.6) is 0 Å². The van der Waals surface area contributed by atoms with E-state index in [1.54, 1.807) is 0 Å². The predicted octanol–water partition coefficient (Wildman–Crippen LogP) is 4.79. The molecule has 0 spiro atoms. The van der Waals surface area contributed by atoms with E-state index < -0.39 is 0 Å². The normalized spacial score (nSPS) is 16.1. The van der Waals surface area contributed by atoms with Gasteiger partial charge in [0.25, 0.3) is 0 Å². The number of ketones is 1. The number of hydrogen-bond acceptors (Lipinski definition) is 3. The van der Waals surface area contributed by atoms with E-state index in [9.17, 15) is 4.79 Å². The molecule has 27 heavy (non-hydrogen) atoms. The highest BCUT2D eigenvalue weighted by Gasteiger charge is 2.31. The molecule has 0 saturated carbocycles. The number of nitrogens with zero attached hydrogens (tertiary/aromatic N) is 2. The Kier molecular flexibility index (Phi) is 5.10. The third-order valence-electron chi connectivity index (χ3n) is 4.91. The van der Waals surface area contributed by atoms with E-state index >= 15 is 0 Å². The Balaban J connectivity index is 1.70. The molecule has 1 saturated heterocycles. The van der Waals surface area contributed by atoms with E-state index in [-0.39, 0.29) is 11.8 Å². The highest BCUT2D eigenvalue weighted by atomic mass is 16.1. The number of benzene rings is 3. The average molecular weight is 354 g/mol. The molecule has 3 nitrogen and oxygen atoms in total. The third kappa shape index (κ3) is 3.82. The maximum Gasteiger partial charge on any atom is 0.186 e. The Morgan fingerprint density at radius 2 is 1.22 bits per heavy atom. The molecular weight excluding hydrogens is 332 g/mol. The predicted molar refractivity (Wildman–Crippen MR) is 109 cm³/mol. The van der Waals surface area contributed by atoms with Crippen LogP contribution in [0.3, 0.4) is 0 Å². The lowest BCUT2D eigenvalue weighted by atomic mass is 10.0. The average Bonchev–Trinajstić information content (AvgIpc) is 3.21. The molecule has 1 heterocycles. The van der Waals surface area contributed by atoms with Crippen molar-refractivity contribution in [1.29, 1.82) is 0 Å². The minimum atomic E-state index is -0.199. The zero-order chi connectivity index (χ0) is 18.5. The first kappa shape index (κ1) is 17.2. The molecule has 0 radical (unpaired) electrons. The van der Waals surface area contributed by atoms with Crippen molar-refractivity contribution in [2.24, 2.45) is 5.10 Å². The van der Waals surface area contributed by atoms with Gasteiger partial charge in [-0.2, -0.15) is 5.10 Å².